The van der Waals surface area contributed by atoms with E-state index in [0.717, 1.165) is 24.1 Å². The van der Waals surface area contributed by atoms with E-state index in [2.05, 4.69) is 5.32 Å². The van der Waals surface area contributed by atoms with Crippen LogP contribution in [0, 0.1) is 0 Å². The Morgan fingerprint density at radius 1 is 1.20 bits per heavy atom. The lowest BCUT2D eigenvalue weighted by Crippen LogP contribution is -2.57. The molecule has 188 valence electrons. The Balaban J connectivity index is 1.52. The van der Waals surface area contributed by atoms with E-state index >= 15 is 0 Å². The minimum Gasteiger partial charge on any atom is -0.481 e. The molecule has 1 aromatic carbocycles. The van der Waals surface area contributed by atoms with Gasteiger partial charge in [0, 0.05) is 18.0 Å². The van der Waals surface area contributed by atoms with Gasteiger partial charge in [0.1, 0.15) is 6.04 Å². The van der Waals surface area contributed by atoms with E-state index in [1.54, 1.807) is 39.3 Å². The van der Waals surface area contributed by atoms with Gasteiger partial charge in [-0.3, -0.25) is 9.59 Å². The molecule has 0 bridgehead atoms. The normalized spacial score (nSPS) is 16.8. The van der Waals surface area contributed by atoms with Crippen molar-refractivity contribution in [2.75, 3.05) is 19.9 Å². The number of ether oxygens (including phenoxy) is 2. The number of rotatable bonds is 11. The number of aliphatic carboxylic acids is 1. The van der Waals surface area contributed by atoms with Crippen LogP contribution in [0.25, 0.3) is 0 Å². The second-order valence-electron chi connectivity index (χ2n) is 8.76. The van der Waals surface area contributed by atoms with Crippen molar-refractivity contribution < 1.29 is 29.0 Å². The first-order valence-electron chi connectivity index (χ1n) is 12.0. The molecule has 2 N–H and O–H groups in total. The Kier molecular flexibility index (Phi) is 8.12. The maximum absolute atomic E-state index is 13.5. The van der Waals surface area contributed by atoms with Gasteiger partial charge in [-0.05, 0) is 42.0 Å². The Morgan fingerprint density at radius 3 is 2.77 bits per heavy atom. The van der Waals surface area contributed by atoms with Gasteiger partial charge < -0.3 is 29.7 Å². The number of unbranched alkanes of at least 4 members (excludes halogenated alkanes) is 1. The van der Waals surface area contributed by atoms with E-state index in [4.69, 9.17) is 9.47 Å². The zero-order valence-corrected chi connectivity index (χ0v) is 20.6. The van der Waals surface area contributed by atoms with Crippen molar-refractivity contribution in [3.05, 3.63) is 46.2 Å². The molecule has 2 atom stereocenters. The monoisotopic (exact) mass is 501 g/mol. The van der Waals surface area contributed by atoms with Crippen LogP contribution in [-0.4, -0.2) is 58.7 Å². The molecule has 3 amide bonds. The molecule has 2 aliphatic rings. The number of hydrogen-bond acceptors (Lipinski definition) is 6. The molecule has 1 saturated heterocycles. The van der Waals surface area contributed by atoms with E-state index in [1.807, 2.05) is 24.4 Å². The van der Waals surface area contributed by atoms with Crippen LogP contribution in [-0.2, 0) is 16.1 Å². The van der Waals surface area contributed by atoms with Gasteiger partial charge in [0.2, 0.25) is 12.7 Å². The summed E-state index contributed by atoms with van der Waals surface area (Å²) in [5.74, 6) is -0.271. The van der Waals surface area contributed by atoms with Crippen LogP contribution in [0.1, 0.15) is 55.5 Å². The molecule has 0 spiro atoms. The van der Waals surface area contributed by atoms with Crippen LogP contribution >= 0.6 is 11.3 Å². The molecule has 0 saturated carbocycles. The summed E-state index contributed by atoms with van der Waals surface area (Å²) in [6.07, 6.45) is 2.66. The SMILES string of the molecule is CCCCC(C(=O)N[C@@H](CC(=O)O)c1ccc2c(c1)OCO2)N1CCCN(Cc2cccs2)C1=O. The van der Waals surface area contributed by atoms with Gasteiger partial charge in [0.05, 0.1) is 19.0 Å². The van der Waals surface area contributed by atoms with E-state index in [0.29, 0.717) is 43.1 Å². The lowest BCUT2D eigenvalue weighted by atomic mass is 10.0. The second kappa shape index (κ2) is 11.4. The fourth-order valence-corrected chi connectivity index (χ4v) is 5.20. The number of carbonyl (C=O) groups excluding carboxylic acids is 2. The van der Waals surface area contributed by atoms with Crippen molar-refractivity contribution in [2.45, 2.75) is 57.7 Å². The number of thiophene rings is 1. The quantitative estimate of drug-likeness (QED) is 0.482. The zero-order valence-electron chi connectivity index (χ0n) is 19.8. The summed E-state index contributed by atoms with van der Waals surface area (Å²) in [6.45, 7) is 3.81. The summed E-state index contributed by atoms with van der Waals surface area (Å²) in [7, 11) is 0. The minimum absolute atomic E-state index is 0.104. The molecule has 3 heterocycles. The third-order valence-electron chi connectivity index (χ3n) is 6.27. The van der Waals surface area contributed by atoms with Crippen LogP contribution < -0.4 is 14.8 Å². The van der Waals surface area contributed by atoms with Crippen molar-refractivity contribution >= 4 is 29.2 Å². The van der Waals surface area contributed by atoms with E-state index in [1.165, 1.54) is 0 Å². The summed E-state index contributed by atoms with van der Waals surface area (Å²) in [4.78, 5) is 43.1. The fraction of sp³-hybridized carbons (Fsp3) is 0.480. The summed E-state index contributed by atoms with van der Waals surface area (Å²) >= 11 is 1.60. The number of fused-ring (bicyclic) bond motifs is 1. The third kappa shape index (κ3) is 6.05. The number of amides is 3. The lowest BCUT2D eigenvalue weighted by Gasteiger charge is -2.40. The van der Waals surface area contributed by atoms with Gasteiger partial charge in [-0.25, -0.2) is 4.79 Å². The molecule has 1 aromatic heterocycles. The van der Waals surface area contributed by atoms with Crippen LogP contribution in [0.15, 0.2) is 35.7 Å². The molecule has 2 aliphatic heterocycles. The highest BCUT2D eigenvalue weighted by atomic mass is 32.1. The highest BCUT2D eigenvalue weighted by molar-refractivity contribution is 7.09. The molecular weight excluding hydrogens is 470 g/mol. The van der Waals surface area contributed by atoms with Crippen molar-refractivity contribution in [3.63, 3.8) is 0 Å². The third-order valence-corrected chi connectivity index (χ3v) is 7.14. The van der Waals surface area contributed by atoms with Crippen molar-refractivity contribution in [3.8, 4) is 11.5 Å². The fourth-order valence-electron chi connectivity index (χ4n) is 4.48. The van der Waals surface area contributed by atoms with Gasteiger partial charge in [-0.15, -0.1) is 11.3 Å². The van der Waals surface area contributed by atoms with Crippen LogP contribution in [0.3, 0.4) is 0 Å². The van der Waals surface area contributed by atoms with Crippen molar-refractivity contribution in [1.82, 2.24) is 15.1 Å². The van der Waals surface area contributed by atoms with Crippen LogP contribution in [0.4, 0.5) is 4.79 Å². The van der Waals surface area contributed by atoms with E-state index in [9.17, 15) is 19.5 Å². The molecular formula is C25H31N3O6S. The average molecular weight is 502 g/mol. The molecule has 2 aromatic rings. The highest BCUT2D eigenvalue weighted by Crippen LogP contribution is 2.35. The van der Waals surface area contributed by atoms with Crippen LogP contribution in [0.5, 0.6) is 11.5 Å². The first kappa shape index (κ1) is 24.8. The van der Waals surface area contributed by atoms with Gasteiger partial charge in [-0.1, -0.05) is 31.9 Å². The Hall–Kier alpha value is -3.27. The number of carbonyl (C=O) groups is 3. The number of carboxylic acids is 1. The Bertz CT molecular complexity index is 1040. The van der Waals surface area contributed by atoms with Crippen LogP contribution in [0.2, 0.25) is 0 Å². The average Bonchev–Trinajstić information content (AvgIpc) is 3.52. The Morgan fingerprint density at radius 2 is 2.03 bits per heavy atom. The maximum Gasteiger partial charge on any atom is 0.321 e. The summed E-state index contributed by atoms with van der Waals surface area (Å²) in [5, 5.41) is 14.4. The zero-order chi connectivity index (χ0) is 24.8. The lowest BCUT2D eigenvalue weighted by molar-refractivity contribution is -0.138. The smallest absolute Gasteiger partial charge is 0.321 e. The van der Waals surface area contributed by atoms with Gasteiger partial charge in [-0.2, -0.15) is 0 Å². The van der Waals surface area contributed by atoms with Gasteiger partial charge >= 0.3 is 12.0 Å². The molecule has 9 nitrogen and oxygen atoms in total. The van der Waals surface area contributed by atoms with Gasteiger partial charge in [0.25, 0.3) is 0 Å². The first-order chi connectivity index (χ1) is 17.0. The topological polar surface area (TPSA) is 108 Å². The summed E-state index contributed by atoms with van der Waals surface area (Å²) in [5.41, 5.74) is 0.614. The van der Waals surface area contributed by atoms with Gasteiger partial charge in [0.15, 0.2) is 11.5 Å². The molecule has 35 heavy (non-hydrogen) atoms. The molecule has 1 fully saturated rings. The van der Waals surface area contributed by atoms with Crippen molar-refractivity contribution in [1.29, 1.82) is 0 Å². The predicted octanol–water partition coefficient (Wildman–Crippen LogP) is 4.00. The number of carboxylic acid groups (broad SMARTS) is 1. The molecule has 1 unspecified atom stereocenters. The number of nitrogens with zero attached hydrogens (tertiary/aromatic N) is 2. The number of urea groups is 1. The number of hydrogen-bond donors (Lipinski definition) is 2. The maximum atomic E-state index is 13.5. The van der Waals surface area contributed by atoms with E-state index < -0.39 is 18.1 Å². The second-order valence-corrected chi connectivity index (χ2v) is 9.79. The molecule has 0 radical (unpaired) electrons. The summed E-state index contributed by atoms with van der Waals surface area (Å²) in [6, 6.07) is 7.52. The molecule has 10 heteroatoms. The van der Waals surface area contributed by atoms with E-state index in [-0.39, 0.29) is 25.2 Å². The first-order valence-corrected chi connectivity index (χ1v) is 12.8. The number of nitrogens with one attached hydrogen (secondary N) is 1. The van der Waals surface area contributed by atoms with Crippen molar-refractivity contribution in [2.24, 2.45) is 0 Å². The standard InChI is InChI=1S/C25H31N3O6S/c1-2-3-7-20(28-11-5-10-27(25(28)32)15-18-6-4-12-35-18)24(31)26-19(14-23(29)30)17-8-9-21-22(13-17)34-16-33-21/h4,6,8-9,12-13,19-20H,2-3,5,7,10-11,14-16H2,1H3,(H,26,31)(H,29,30)/t19-,20?/m0/s1. The molecule has 0 aliphatic carbocycles. The Labute approximate surface area is 208 Å². The number of benzene rings is 1. The highest BCUT2D eigenvalue weighted by Gasteiger charge is 2.36. The largest absolute Gasteiger partial charge is 0.481 e. The predicted molar refractivity (Wildman–Crippen MR) is 130 cm³/mol. The summed E-state index contributed by atoms with van der Waals surface area (Å²) < 4.78 is 10.8. The molecule has 4 rings (SSSR count). The minimum atomic E-state index is -1.03.